The number of aliphatic hydroxyl groups excluding tert-OH is 1. The second-order valence-corrected chi connectivity index (χ2v) is 6.40. The molecule has 3 N–H and O–H groups in total. The summed E-state index contributed by atoms with van der Waals surface area (Å²) < 4.78 is 10.9. The Balaban J connectivity index is 1.61. The van der Waals surface area contributed by atoms with Crippen LogP contribution in [0.5, 0.6) is 0 Å². The van der Waals surface area contributed by atoms with E-state index in [1.807, 2.05) is 0 Å². The molecule has 2 fully saturated rings. The number of rotatable bonds is 4. The van der Waals surface area contributed by atoms with Crippen LogP contribution in [0.25, 0.3) is 0 Å². The Morgan fingerprint density at radius 2 is 2.23 bits per heavy atom. The smallest absolute Gasteiger partial charge is 0.289 e. The molecule has 3 rings (SSSR count). The van der Waals surface area contributed by atoms with Gasteiger partial charge in [-0.3, -0.25) is 4.79 Å². The summed E-state index contributed by atoms with van der Waals surface area (Å²) in [5, 5.41) is 10.4. The van der Waals surface area contributed by atoms with Crippen LogP contribution < -0.4 is 5.73 Å². The molecule has 122 valence electrons. The fraction of sp³-hybridized carbons (Fsp3) is 0.667. The molecule has 22 heavy (non-hydrogen) atoms. The average molecular weight is 329 g/mol. The second kappa shape index (κ2) is 6.20. The van der Waals surface area contributed by atoms with Crippen LogP contribution in [0.2, 0.25) is 5.22 Å². The van der Waals surface area contributed by atoms with E-state index in [1.54, 1.807) is 17.0 Å². The van der Waals surface area contributed by atoms with Crippen LogP contribution in [0.4, 0.5) is 0 Å². The third-order valence-electron chi connectivity index (χ3n) is 4.94. The van der Waals surface area contributed by atoms with Crippen molar-refractivity contribution in [2.24, 2.45) is 11.1 Å². The van der Waals surface area contributed by atoms with E-state index in [2.05, 4.69) is 0 Å². The monoisotopic (exact) mass is 328 g/mol. The highest BCUT2D eigenvalue weighted by Gasteiger charge is 2.56. The van der Waals surface area contributed by atoms with E-state index < -0.39 is 0 Å². The number of likely N-dealkylation sites (tertiary alicyclic amines) is 1. The second-order valence-electron chi connectivity index (χ2n) is 6.03. The third kappa shape index (κ3) is 2.65. The highest BCUT2D eigenvalue weighted by molar-refractivity contribution is 6.29. The predicted octanol–water partition coefficient (Wildman–Crippen LogP) is 1.26. The lowest BCUT2D eigenvalue weighted by molar-refractivity contribution is -0.208. The van der Waals surface area contributed by atoms with Crippen molar-refractivity contribution in [2.75, 3.05) is 26.2 Å². The molecule has 1 saturated carbocycles. The Bertz CT molecular complexity index is 539. The minimum absolute atomic E-state index is 0.0429. The number of ether oxygens (including phenoxy) is 1. The zero-order valence-corrected chi connectivity index (χ0v) is 13.1. The normalized spacial score (nSPS) is 27.0. The maximum absolute atomic E-state index is 12.3. The number of halogens is 1. The molecular formula is C15H21ClN2O4. The van der Waals surface area contributed by atoms with Gasteiger partial charge in [0.2, 0.25) is 0 Å². The molecule has 2 atom stereocenters. The number of aliphatic hydroxyl groups is 1. The number of furan rings is 1. The van der Waals surface area contributed by atoms with Crippen LogP contribution in [0.3, 0.4) is 0 Å². The van der Waals surface area contributed by atoms with Gasteiger partial charge in [0.15, 0.2) is 11.0 Å². The maximum atomic E-state index is 12.3. The highest BCUT2D eigenvalue weighted by Crippen LogP contribution is 2.51. The van der Waals surface area contributed by atoms with E-state index in [0.29, 0.717) is 32.7 Å². The number of carbonyl (C=O) groups excluding carboxylic acids is 1. The van der Waals surface area contributed by atoms with Gasteiger partial charge in [0.25, 0.3) is 5.91 Å². The highest BCUT2D eigenvalue weighted by atomic mass is 35.5. The molecule has 0 aromatic carbocycles. The van der Waals surface area contributed by atoms with Crippen molar-refractivity contribution in [1.29, 1.82) is 0 Å². The Morgan fingerprint density at radius 1 is 1.50 bits per heavy atom. The van der Waals surface area contributed by atoms with E-state index in [9.17, 15) is 9.90 Å². The Kier molecular flexibility index (Phi) is 4.45. The van der Waals surface area contributed by atoms with E-state index in [1.165, 1.54) is 0 Å². The van der Waals surface area contributed by atoms with Crippen molar-refractivity contribution in [3.05, 3.63) is 23.1 Å². The van der Waals surface area contributed by atoms with Crippen molar-refractivity contribution in [3.63, 3.8) is 0 Å². The van der Waals surface area contributed by atoms with Crippen LogP contribution >= 0.6 is 11.6 Å². The van der Waals surface area contributed by atoms with Gasteiger partial charge in [0, 0.05) is 31.5 Å². The van der Waals surface area contributed by atoms with Gasteiger partial charge in [0.05, 0.1) is 18.8 Å². The first-order chi connectivity index (χ1) is 10.6. The Morgan fingerprint density at radius 3 is 2.77 bits per heavy atom. The van der Waals surface area contributed by atoms with Crippen LogP contribution in [-0.2, 0) is 4.74 Å². The van der Waals surface area contributed by atoms with Crippen LogP contribution in [-0.4, -0.2) is 54.4 Å². The zero-order chi connectivity index (χ0) is 15.7. The molecule has 0 radical (unpaired) electrons. The Hall–Kier alpha value is -1.08. The first-order valence-electron chi connectivity index (χ1n) is 7.61. The van der Waals surface area contributed by atoms with Crippen molar-refractivity contribution < 1.29 is 19.1 Å². The number of hydrogen-bond donors (Lipinski definition) is 2. The van der Waals surface area contributed by atoms with E-state index in [0.717, 1.165) is 12.8 Å². The van der Waals surface area contributed by atoms with Crippen molar-refractivity contribution in [2.45, 2.75) is 31.5 Å². The summed E-state index contributed by atoms with van der Waals surface area (Å²) in [6.45, 7) is 2.15. The summed E-state index contributed by atoms with van der Waals surface area (Å²) in [6.07, 6.45) is 1.79. The molecule has 1 aliphatic carbocycles. The topological polar surface area (TPSA) is 88.9 Å². The van der Waals surface area contributed by atoms with Crippen LogP contribution in [0.15, 0.2) is 16.5 Å². The molecule has 0 bridgehead atoms. The number of hydrogen-bond acceptors (Lipinski definition) is 5. The van der Waals surface area contributed by atoms with Gasteiger partial charge in [0.1, 0.15) is 0 Å². The van der Waals surface area contributed by atoms with Crippen molar-refractivity contribution in [1.82, 2.24) is 4.90 Å². The molecule has 0 unspecified atom stereocenters. The molecule has 1 amide bonds. The summed E-state index contributed by atoms with van der Waals surface area (Å²) in [7, 11) is 0. The molecule has 1 aliphatic heterocycles. The van der Waals surface area contributed by atoms with E-state index in [4.69, 9.17) is 26.5 Å². The van der Waals surface area contributed by atoms with E-state index in [-0.39, 0.29) is 34.5 Å². The molecule has 1 saturated heterocycles. The lowest BCUT2D eigenvalue weighted by Crippen LogP contribution is -2.62. The predicted molar refractivity (Wildman–Crippen MR) is 80.7 cm³/mol. The number of amides is 1. The summed E-state index contributed by atoms with van der Waals surface area (Å²) in [5.74, 6) is 0.0982. The molecule has 2 heterocycles. The molecular weight excluding hydrogens is 308 g/mol. The van der Waals surface area contributed by atoms with Gasteiger partial charge in [-0.05, 0) is 36.6 Å². The minimum atomic E-state index is -0.356. The SMILES string of the molecule is NCCO[C@H]1C[C@@H](O)C12CCN(C(=O)c1ccc(Cl)o1)CC2. The lowest BCUT2D eigenvalue weighted by Gasteiger charge is -2.56. The summed E-state index contributed by atoms with van der Waals surface area (Å²) in [6, 6.07) is 3.15. The molecule has 1 spiro atoms. The van der Waals surface area contributed by atoms with Gasteiger partial charge in [-0.15, -0.1) is 0 Å². The Labute approximate surface area is 134 Å². The van der Waals surface area contributed by atoms with Crippen molar-refractivity contribution >= 4 is 17.5 Å². The fourth-order valence-corrected chi connectivity index (χ4v) is 3.68. The van der Waals surface area contributed by atoms with Gasteiger partial charge in [-0.25, -0.2) is 0 Å². The standard InChI is InChI=1S/C15H21ClN2O4/c16-13-2-1-10(22-13)14(20)18-6-3-15(4-7-18)11(19)9-12(15)21-8-5-17/h1-2,11-12,19H,3-9,17H2/t11-,12+/m1/s1. The van der Waals surface area contributed by atoms with Gasteiger partial charge >= 0.3 is 0 Å². The minimum Gasteiger partial charge on any atom is -0.440 e. The quantitative estimate of drug-likeness (QED) is 0.868. The molecule has 2 aliphatic rings. The van der Waals surface area contributed by atoms with Crippen molar-refractivity contribution in [3.8, 4) is 0 Å². The van der Waals surface area contributed by atoms with Crippen LogP contribution in [0.1, 0.15) is 29.8 Å². The number of carbonyl (C=O) groups is 1. The average Bonchev–Trinajstić information content (AvgIpc) is 2.97. The maximum Gasteiger partial charge on any atom is 0.289 e. The van der Waals surface area contributed by atoms with Crippen LogP contribution in [0, 0.1) is 5.41 Å². The number of nitrogens with zero attached hydrogens (tertiary/aromatic N) is 1. The molecule has 6 nitrogen and oxygen atoms in total. The number of nitrogens with two attached hydrogens (primary N) is 1. The first kappa shape index (κ1) is 15.8. The summed E-state index contributed by atoms with van der Waals surface area (Å²) in [4.78, 5) is 14.1. The summed E-state index contributed by atoms with van der Waals surface area (Å²) in [5.41, 5.74) is 5.25. The van der Waals surface area contributed by atoms with Gasteiger partial charge < -0.3 is 24.9 Å². The third-order valence-corrected chi connectivity index (χ3v) is 5.15. The lowest BCUT2D eigenvalue weighted by atomic mass is 9.58. The zero-order valence-electron chi connectivity index (χ0n) is 12.3. The molecule has 1 aromatic rings. The van der Waals surface area contributed by atoms with Gasteiger partial charge in [-0.1, -0.05) is 0 Å². The fourth-order valence-electron chi connectivity index (χ4n) is 3.54. The summed E-state index contributed by atoms with van der Waals surface area (Å²) >= 11 is 5.71. The number of piperidine rings is 1. The van der Waals surface area contributed by atoms with E-state index >= 15 is 0 Å². The van der Waals surface area contributed by atoms with Gasteiger partial charge in [-0.2, -0.15) is 0 Å². The molecule has 7 heteroatoms. The molecule has 1 aromatic heterocycles. The largest absolute Gasteiger partial charge is 0.440 e. The first-order valence-corrected chi connectivity index (χ1v) is 7.99.